The molecule has 19 heavy (non-hydrogen) atoms. The first-order valence-electron chi connectivity index (χ1n) is 6.41. The Hall–Kier alpha value is -1.69. The lowest BCUT2D eigenvalue weighted by atomic mass is 10.2. The van der Waals surface area contributed by atoms with Crippen LogP contribution in [0.2, 0.25) is 0 Å². The largest absolute Gasteiger partial charge is 0.396 e. The van der Waals surface area contributed by atoms with Gasteiger partial charge in [0.05, 0.1) is 18.5 Å². The third kappa shape index (κ3) is 3.89. The van der Waals surface area contributed by atoms with Gasteiger partial charge in [-0.1, -0.05) is 13.8 Å². The molecule has 1 aromatic heterocycles. The van der Waals surface area contributed by atoms with E-state index in [1.807, 2.05) is 20.8 Å². The van der Waals surface area contributed by atoms with Gasteiger partial charge in [-0.2, -0.15) is 0 Å². The monoisotopic (exact) mass is 266 g/mol. The molecule has 0 aliphatic carbocycles. The fraction of sp³-hybridized carbons (Fsp3) is 0.615. The minimum atomic E-state index is -0.179. The van der Waals surface area contributed by atoms with Crippen LogP contribution < -0.4 is 5.73 Å². The van der Waals surface area contributed by atoms with E-state index >= 15 is 0 Å². The summed E-state index contributed by atoms with van der Waals surface area (Å²) in [5.74, 6) is 0.600. The maximum absolute atomic E-state index is 12.4. The highest BCUT2D eigenvalue weighted by molar-refractivity contribution is 5.96. The molecular weight excluding hydrogens is 244 g/mol. The number of nitrogen functional groups attached to an aromatic ring is 1. The minimum Gasteiger partial charge on any atom is -0.396 e. The summed E-state index contributed by atoms with van der Waals surface area (Å²) in [5, 5.41) is 0. The van der Waals surface area contributed by atoms with Gasteiger partial charge in [-0.25, -0.2) is 9.97 Å². The van der Waals surface area contributed by atoms with Crippen molar-refractivity contribution in [1.82, 2.24) is 14.9 Å². The molecule has 6 heteroatoms. The first kappa shape index (κ1) is 15.4. The topological polar surface area (TPSA) is 81.3 Å². The second-order valence-electron chi connectivity index (χ2n) is 4.56. The van der Waals surface area contributed by atoms with Crippen LogP contribution in [0.5, 0.6) is 0 Å². The maximum Gasteiger partial charge on any atom is 0.274 e. The average molecular weight is 266 g/mol. The van der Waals surface area contributed by atoms with Crippen LogP contribution in [-0.2, 0) is 4.74 Å². The van der Waals surface area contributed by atoms with Crippen molar-refractivity contribution in [3.63, 3.8) is 0 Å². The lowest BCUT2D eigenvalue weighted by molar-refractivity contribution is 0.0701. The Labute approximate surface area is 114 Å². The Balaban J connectivity index is 2.99. The van der Waals surface area contributed by atoms with Crippen LogP contribution >= 0.6 is 0 Å². The molecule has 0 aliphatic rings. The van der Waals surface area contributed by atoms with Gasteiger partial charge in [0.25, 0.3) is 5.91 Å². The molecule has 6 nitrogen and oxygen atoms in total. The predicted octanol–water partition coefficient (Wildman–Crippen LogP) is 1.29. The Kier molecular flexibility index (Phi) is 5.69. The number of carbonyl (C=O) groups excluding carboxylic acids is 1. The van der Waals surface area contributed by atoms with Gasteiger partial charge < -0.3 is 15.4 Å². The van der Waals surface area contributed by atoms with Crippen molar-refractivity contribution >= 4 is 11.6 Å². The Morgan fingerprint density at radius 3 is 2.74 bits per heavy atom. The first-order chi connectivity index (χ1) is 9.01. The molecule has 0 aromatic carbocycles. The highest BCUT2D eigenvalue weighted by Crippen LogP contribution is 2.15. The van der Waals surface area contributed by atoms with E-state index in [0.29, 0.717) is 31.2 Å². The summed E-state index contributed by atoms with van der Waals surface area (Å²) in [7, 11) is 1.61. The highest BCUT2D eigenvalue weighted by Gasteiger charge is 2.19. The lowest BCUT2D eigenvalue weighted by Gasteiger charge is -2.21. The van der Waals surface area contributed by atoms with E-state index in [4.69, 9.17) is 10.5 Å². The van der Waals surface area contributed by atoms with E-state index in [9.17, 15) is 4.79 Å². The summed E-state index contributed by atoms with van der Waals surface area (Å²) in [6.45, 7) is 7.45. The molecule has 0 radical (unpaired) electrons. The quantitative estimate of drug-likeness (QED) is 0.839. The smallest absolute Gasteiger partial charge is 0.274 e. The second-order valence-corrected chi connectivity index (χ2v) is 4.56. The van der Waals surface area contributed by atoms with Crippen molar-refractivity contribution in [3.05, 3.63) is 17.7 Å². The zero-order valence-electron chi connectivity index (χ0n) is 12.0. The fourth-order valence-electron chi connectivity index (χ4n) is 1.61. The molecule has 2 N–H and O–H groups in total. The van der Waals surface area contributed by atoms with Gasteiger partial charge >= 0.3 is 0 Å². The van der Waals surface area contributed by atoms with E-state index in [1.165, 1.54) is 6.20 Å². The van der Waals surface area contributed by atoms with Crippen molar-refractivity contribution in [2.75, 3.05) is 32.5 Å². The summed E-state index contributed by atoms with van der Waals surface area (Å²) in [4.78, 5) is 22.5. The van der Waals surface area contributed by atoms with Crippen LogP contribution in [0.4, 0.5) is 5.69 Å². The van der Waals surface area contributed by atoms with Gasteiger partial charge in [-0.15, -0.1) is 0 Å². The number of hydrogen-bond donors (Lipinski definition) is 1. The van der Waals surface area contributed by atoms with Crippen molar-refractivity contribution in [2.24, 2.45) is 0 Å². The third-order valence-electron chi connectivity index (χ3n) is 2.79. The van der Waals surface area contributed by atoms with Gasteiger partial charge in [0.1, 0.15) is 5.82 Å². The third-order valence-corrected chi connectivity index (χ3v) is 2.79. The summed E-state index contributed by atoms with van der Waals surface area (Å²) in [6.07, 6.45) is 1.50. The first-order valence-corrected chi connectivity index (χ1v) is 6.41. The molecule has 0 atom stereocenters. The molecule has 0 saturated carbocycles. The highest BCUT2D eigenvalue weighted by atomic mass is 16.5. The van der Waals surface area contributed by atoms with E-state index in [-0.39, 0.29) is 17.5 Å². The molecule has 1 amide bonds. The summed E-state index contributed by atoms with van der Waals surface area (Å²) < 4.78 is 4.99. The van der Waals surface area contributed by atoms with Crippen LogP contribution in [0, 0.1) is 0 Å². The minimum absolute atomic E-state index is 0.154. The number of ether oxygens (including phenoxy) is 1. The number of nitrogens with two attached hydrogens (primary N) is 1. The molecular formula is C13H22N4O2. The molecule has 0 unspecified atom stereocenters. The van der Waals surface area contributed by atoms with Gasteiger partial charge in [-0.05, 0) is 6.92 Å². The van der Waals surface area contributed by atoms with Crippen LogP contribution in [0.15, 0.2) is 6.20 Å². The number of likely N-dealkylation sites (N-methyl/N-ethyl adjacent to an activating group) is 1. The summed E-state index contributed by atoms with van der Waals surface area (Å²) >= 11 is 0. The zero-order valence-corrected chi connectivity index (χ0v) is 12.0. The number of rotatable bonds is 6. The van der Waals surface area contributed by atoms with Gasteiger partial charge in [0, 0.05) is 26.1 Å². The van der Waals surface area contributed by atoms with Crippen molar-refractivity contribution in [1.29, 1.82) is 0 Å². The van der Waals surface area contributed by atoms with Crippen LogP contribution in [0.25, 0.3) is 0 Å². The number of aromatic nitrogens is 2. The normalized spacial score (nSPS) is 10.8. The molecule has 106 valence electrons. The van der Waals surface area contributed by atoms with Crippen molar-refractivity contribution < 1.29 is 9.53 Å². The molecule has 0 fully saturated rings. The molecule has 1 heterocycles. The van der Waals surface area contributed by atoms with E-state index in [2.05, 4.69) is 9.97 Å². The molecule has 0 bridgehead atoms. The fourth-order valence-corrected chi connectivity index (χ4v) is 1.61. The van der Waals surface area contributed by atoms with Crippen molar-refractivity contribution in [2.45, 2.75) is 26.7 Å². The van der Waals surface area contributed by atoms with E-state index in [1.54, 1.807) is 12.0 Å². The summed E-state index contributed by atoms with van der Waals surface area (Å²) in [6, 6.07) is 0. The average Bonchev–Trinajstić information content (AvgIpc) is 2.39. The number of methoxy groups -OCH3 is 1. The number of hydrogen-bond acceptors (Lipinski definition) is 5. The predicted molar refractivity (Wildman–Crippen MR) is 74.0 cm³/mol. The van der Waals surface area contributed by atoms with Crippen LogP contribution in [-0.4, -0.2) is 47.6 Å². The molecule has 0 saturated heterocycles. The van der Waals surface area contributed by atoms with E-state index in [0.717, 1.165) is 0 Å². The van der Waals surface area contributed by atoms with Crippen molar-refractivity contribution in [3.8, 4) is 0 Å². The number of anilines is 1. The Morgan fingerprint density at radius 2 is 2.21 bits per heavy atom. The second kappa shape index (κ2) is 7.04. The zero-order chi connectivity index (χ0) is 14.4. The molecule has 1 aromatic rings. The number of carbonyl (C=O) groups is 1. The summed E-state index contributed by atoms with van der Waals surface area (Å²) in [5.41, 5.74) is 6.39. The molecule has 0 spiro atoms. The van der Waals surface area contributed by atoms with Gasteiger partial charge in [0.2, 0.25) is 0 Å². The molecule has 1 rings (SSSR count). The standard InChI is InChI=1S/C13H22N4O2/c1-5-17(6-7-19-4)13(18)11-10(14)8-15-12(16-11)9(2)3/h8-9H,5-7,14H2,1-4H3. The van der Waals surface area contributed by atoms with Crippen LogP contribution in [0.1, 0.15) is 43.0 Å². The molecule has 0 aliphatic heterocycles. The van der Waals surface area contributed by atoms with E-state index < -0.39 is 0 Å². The van der Waals surface area contributed by atoms with Gasteiger partial charge in [-0.3, -0.25) is 4.79 Å². The van der Waals surface area contributed by atoms with Gasteiger partial charge in [0.15, 0.2) is 5.69 Å². The number of amides is 1. The Morgan fingerprint density at radius 1 is 1.53 bits per heavy atom. The maximum atomic E-state index is 12.4. The Bertz CT molecular complexity index is 435. The van der Waals surface area contributed by atoms with Crippen LogP contribution in [0.3, 0.4) is 0 Å². The SMILES string of the molecule is CCN(CCOC)C(=O)c1nc(C(C)C)ncc1N. The number of nitrogens with zero attached hydrogens (tertiary/aromatic N) is 3. The lowest BCUT2D eigenvalue weighted by Crippen LogP contribution is -2.35.